The largest absolute Gasteiger partial charge is 0.367 e. The Labute approximate surface area is 70.3 Å². The average Bonchev–Trinajstić information content (AvgIpc) is 1.86. The van der Waals surface area contributed by atoms with Gasteiger partial charge in [0.2, 0.25) is 0 Å². The summed E-state index contributed by atoms with van der Waals surface area (Å²) in [6, 6.07) is 4.79. The van der Waals surface area contributed by atoms with E-state index < -0.39 is 10.0 Å². The normalized spacial score (nSPS) is 11.5. The van der Waals surface area contributed by atoms with E-state index in [2.05, 4.69) is 0 Å². The van der Waals surface area contributed by atoms with Gasteiger partial charge in [-0.3, -0.25) is 0 Å². The Bertz CT molecular complexity index is 361. The highest BCUT2D eigenvalue weighted by Crippen LogP contribution is 1.99. The van der Waals surface area contributed by atoms with E-state index in [1.54, 1.807) is 12.1 Å². The van der Waals surface area contributed by atoms with Crippen LogP contribution in [-0.2, 0) is 10.0 Å². The summed E-state index contributed by atoms with van der Waals surface area (Å²) in [5.41, 5.74) is 0. The highest BCUT2D eigenvalue weighted by Gasteiger charge is 2.17. The Morgan fingerprint density at radius 2 is 2.09 bits per heavy atom. The maximum absolute atomic E-state index is 10.9. The van der Waals surface area contributed by atoms with Crippen molar-refractivity contribution in [1.82, 2.24) is 0 Å². The summed E-state index contributed by atoms with van der Waals surface area (Å²) in [7, 11) is -3.25. The molecule has 0 aromatic carbocycles. The van der Waals surface area contributed by atoms with Crippen molar-refractivity contribution in [1.29, 1.82) is 0 Å². The van der Waals surface area contributed by atoms with Crippen LogP contribution in [0.5, 0.6) is 0 Å². The van der Waals surface area contributed by atoms with E-state index in [0.29, 0.717) is 0 Å². The van der Waals surface area contributed by atoms with Gasteiger partial charge in [-0.25, -0.2) is 0 Å². The number of halogens is 1. The molecule has 0 radical (unpaired) electrons. The third kappa shape index (κ3) is 1.91. The second-order valence-electron chi connectivity index (χ2n) is 2.08. The summed E-state index contributed by atoms with van der Waals surface area (Å²) in [5, 5.41) is 0.190. The van der Waals surface area contributed by atoms with Crippen molar-refractivity contribution in [3.05, 3.63) is 29.5 Å². The van der Waals surface area contributed by atoms with Crippen LogP contribution in [0.4, 0.5) is 0 Å². The van der Waals surface area contributed by atoms with Gasteiger partial charge < -0.3 is 0 Å². The average molecular weight is 193 g/mol. The summed E-state index contributed by atoms with van der Waals surface area (Å²) in [4.78, 5) is 0. The molecule has 1 aromatic heterocycles. The fourth-order valence-electron chi connectivity index (χ4n) is 0.676. The summed E-state index contributed by atoms with van der Waals surface area (Å²) >= 11 is 5.59. The van der Waals surface area contributed by atoms with Gasteiger partial charge in [0, 0.05) is 12.1 Å². The third-order valence-corrected chi connectivity index (χ3v) is 2.58. The van der Waals surface area contributed by atoms with E-state index in [-0.39, 0.29) is 5.15 Å². The molecule has 0 fully saturated rings. The van der Waals surface area contributed by atoms with Gasteiger partial charge in [0.25, 0.3) is 5.15 Å². The van der Waals surface area contributed by atoms with Gasteiger partial charge in [-0.1, -0.05) is 3.97 Å². The zero-order chi connectivity index (χ0) is 8.48. The Morgan fingerprint density at radius 3 is 2.45 bits per heavy atom. The Kier molecular flexibility index (Phi) is 2.15. The van der Waals surface area contributed by atoms with Crippen LogP contribution < -0.4 is 3.97 Å². The molecule has 0 atom stereocenters. The van der Waals surface area contributed by atoms with Crippen molar-refractivity contribution < 1.29 is 12.4 Å². The Balaban J connectivity index is 3.37. The molecule has 1 rings (SSSR count). The van der Waals surface area contributed by atoms with Crippen molar-refractivity contribution in [2.24, 2.45) is 0 Å². The van der Waals surface area contributed by atoms with Crippen LogP contribution in [0.2, 0.25) is 5.15 Å². The molecule has 0 unspecified atom stereocenters. The molecule has 0 amide bonds. The monoisotopic (exact) mass is 192 g/mol. The zero-order valence-electron chi connectivity index (χ0n) is 5.86. The van der Waals surface area contributed by atoms with Gasteiger partial charge in [0.1, 0.15) is 0 Å². The molecule has 0 aliphatic rings. The summed E-state index contributed by atoms with van der Waals surface area (Å²) in [6.07, 6.45) is 2.50. The molecule has 1 heterocycles. The molecule has 0 aliphatic heterocycles. The first kappa shape index (κ1) is 8.49. The Hall–Kier alpha value is -0.610. The van der Waals surface area contributed by atoms with E-state index in [1.165, 1.54) is 12.3 Å². The molecule has 0 bridgehead atoms. The van der Waals surface area contributed by atoms with Crippen LogP contribution in [0, 0.1) is 0 Å². The second-order valence-corrected chi connectivity index (χ2v) is 4.33. The second kappa shape index (κ2) is 2.79. The van der Waals surface area contributed by atoms with Gasteiger partial charge in [0.05, 0.1) is 6.26 Å². The maximum atomic E-state index is 10.9. The van der Waals surface area contributed by atoms with E-state index in [4.69, 9.17) is 11.6 Å². The highest BCUT2D eigenvalue weighted by atomic mass is 35.5. The predicted molar refractivity (Wildman–Crippen MR) is 41.9 cm³/mol. The first-order chi connectivity index (χ1) is 5.02. The fourth-order valence-corrected chi connectivity index (χ4v) is 1.85. The molecule has 1 aromatic rings. The molecule has 0 N–H and O–H groups in total. The minimum Gasteiger partial charge on any atom is -0.163 e. The van der Waals surface area contributed by atoms with Crippen LogP contribution in [0.3, 0.4) is 0 Å². The number of nitrogens with zero attached hydrogens (tertiary/aromatic N) is 1. The lowest BCUT2D eigenvalue weighted by molar-refractivity contribution is -0.507. The highest BCUT2D eigenvalue weighted by molar-refractivity contribution is 7.84. The van der Waals surface area contributed by atoms with Crippen LogP contribution >= 0.6 is 11.6 Å². The van der Waals surface area contributed by atoms with Crippen LogP contribution in [0.25, 0.3) is 0 Å². The van der Waals surface area contributed by atoms with Gasteiger partial charge in [0.15, 0.2) is 6.20 Å². The number of hydrogen-bond acceptors (Lipinski definition) is 2. The van der Waals surface area contributed by atoms with Gasteiger partial charge in [-0.2, -0.15) is 8.42 Å². The van der Waals surface area contributed by atoms with Crippen LogP contribution in [0.1, 0.15) is 0 Å². The molecule has 60 valence electrons. The summed E-state index contributed by atoms with van der Waals surface area (Å²) < 4.78 is 22.9. The van der Waals surface area contributed by atoms with E-state index in [0.717, 1.165) is 10.2 Å². The molecular weight excluding hydrogens is 186 g/mol. The van der Waals surface area contributed by atoms with Crippen LogP contribution in [-0.4, -0.2) is 14.7 Å². The smallest absolute Gasteiger partial charge is 0.163 e. The van der Waals surface area contributed by atoms with Gasteiger partial charge in [-0.15, -0.1) is 0 Å². The van der Waals surface area contributed by atoms with Crippen molar-refractivity contribution in [2.75, 3.05) is 6.26 Å². The number of rotatable bonds is 1. The first-order valence-corrected chi connectivity index (χ1v) is 5.11. The molecule has 0 saturated carbocycles. The lowest BCUT2D eigenvalue weighted by Crippen LogP contribution is -2.42. The molecule has 5 heteroatoms. The number of aromatic nitrogens is 1. The minimum absolute atomic E-state index is 0.190. The fraction of sp³-hybridized carbons (Fsp3) is 0.167. The number of hydrogen-bond donors (Lipinski definition) is 0. The van der Waals surface area contributed by atoms with E-state index >= 15 is 0 Å². The molecule has 3 nitrogen and oxygen atoms in total. The lowest BCUT2D eigenvalue weighted by atomic mass is 10.5. The van der Waals surface area contributed by atoms with Gasteiger partial charge >= 0.3 is 10.0 Å². The standard InChI is InChI=1S/C6H7ClNO2S/c1-11(9,10)8-5-3-2-4-6(8)7/h2-5H,1H3/q+1. The van der Waals surface area contributed by atoms with Crippen molar-refractivity contribution in [2.45, 2.75) is 0 Å². The topological polar surface area (TPSA) is 38.0 Å². The van der Waals surface area contributed by atoms with E-state index in [9.17, 15) is 8.42 Å². The summed E-state index contributed by atoms with van der Waals surface area (Å²) in [6.45, 7) is 0. The first-order valence-electron chi connectivity index (χ1n) is 2.88. The van der Waals surface area contributed by atoms with Crippen molar-refractivity contribution in [3.63, 3.8) is 0 Å². The summed E-state index contributed by atoms with van der Waals surface area (Å²) in [5.74, 6) is 0. The molecule has 11 heavy (non-hydrogen) atoms. The predicted octanol–water partition coefficient (Wildman–Crippen LogP) is 0.435. The molecule has 0 saturated heterocycles. The van der Waals surface area contributed by atoms with Crippen LogP contribution in [0.15, 0.2) is 24.4 Å². The van der Waals surface area contributed by atoms with Gasteiger partial charge in [-0.05, 0) is 17.7 Å². The quantitative estimate of drug-likeness (QED) is 0.478. The number of pyridine rings is 1. The van der Waals surface area contributed by atoms with Crippen molar-refractivity contribution >= 4 is 21.6 Å². The lowest BCUT2D eigenvalue weighted by Gasteiger charge is -1.91. The minimum atomic E-state index is -3.25. The Morgan fingerprint density at radius 1 is 1.45 bits per heavy atom. The third-order valence-electron chi connectivity index (χ3n) is 1.13. The van der Waals surface area contributed by atoms with Crippen molar-refractivity contribution in [3.8, 4) is 0 Å². The maximum Gasteiger partial charge on any atom is 0.367 e. The SMILES string of the molecule is CS(=O)(=O)[n+]1ccccc1Cl. The molecule has 0 spiro atoms. The molecular formula is C6H7ClNO2S+. The molecule has 0 aliphatic carbocycles. The van der Waals surface area contributed by atoms with E-state index in [1.807, 2.05) is 0 Å². The zero-order valence-corrected chi connectivity index (χ0v) is 7.43.